The average molecular weight is 491 g/mol. The number of nitrogens with zero attached hydrogens (tertiary/aromatic N) is 7. The van der Waals surface area contributed by atoms with Crippen LogP contribution in [0.3, 0.4) is 0 Å². The minimum Gasteiger partial charge on any atom is -0.384 e. The van der Waals surface area contributed by atoms with Crippen LogP contribution in [0.15, 0.2) is 36.9 Å². The number of rotatable bonds is 6. The molecule has 1 atom stereocenters. The maximum Gasteiger partial charge on any atom is 0.261 e. The molecule has 4 aromatic rings. The SMILES string of the molecule is CC(C)(O)c1nn(C2CCC2)cc1NC(=O)c1cnn2ccc(-c3ccnn3C3CCCCO3)nc12. The molecular formula is C25H30N8O3. The van der Waals surface area contributed by atoms with E-state index in [1.54, 1.807) is 30.8 Å². The number of carbonyl (C=O) groups is 1. The minimum atomic E-state index is -1.20. The summed E-state index contributed by atoms with van der Waals surface area (Å²) in [7, 11) is 0. The number of aromatic nitrogens is 7. The fourth-order valence-corrected chi connectivity index (χ4v) is 4.80. The molecule has 188 valence electrons. The van der Waals surface area contributed by atoms with Crippen molar-refractivity contribution in [2.45, 2.75) is 70.2 Å². The van der Waals surface area contributed by atoms with Gasteiger partial charge in [0.25, 0.3) is 5.91 Å². The highest BCUT2D eigenvalue weighted by molar-refractivity contribution is 6.08. The molecule has 1 amide bonds. The van der Waals surface area contributed by atoms with Crippen LogP contribution >= 0.6 is 0 Å². The summed E-state index contributed by atoms with van der Waals surface area (Å²) in [6.07, 6.45) is 13.0. The summed E-state index contributed by atoms with van der Waals surface area (Å²) in [5.74, 6) is -0.363. The molecule has 6 rings (SSSR count). The summed E-state index contributed by atoms with van der Waals surface area (Å²) in [6.45, 7) is 4.05. The van der Waals surface area contributed by atoms with Gasteiger partial charge in [-0.15, -0.1) is 0 Å². The van der Waals surface area contributed by atoms with Crippen molar-refractivity contribution in [3.05, 3.63) is 48.2 Å². The summed E-state index contributed by atoms with van der Waals surface area (Å²) in [5, 5.41) is 27.0. The molecule has 11 heteroatoms. The quantitative estimate of drug-likeness (QED) is 0.422. The topological polar surface area (TPSA) is 124 Å². The largest absolute Gasteiger partial charge is 0.384 e. The van der Waals surface area contributed by atoms with Gasteiger partial charge in [0, 0.05) is 25.2 Å². The van der Waals surface area contributed by atoms with Crippen molar-refractivity contribution in [1.82, 2.24) is 34.2 Å². The van der Waals surface area contributed by atoms with Crippen LogP contribution in [0, 0.1) is 0 Å². The molecule has 1 aliphatic carbocycles. The van der Waals surface area contributed by atoms with Crippen LogP contribution in [0.2, 0.25) is 0 Å². The Bertz CT molecular complexity index is 1400. The third-order valence-electron chi connectivity index (χ3n) is 6.98. The maximum absolute atomic E-state index is 13.4. The predicted molar refractivity (Wildman–Crippen MR) is 131 cm³/mol. The van der Waals surface area contributed by atoms with Crippen molar-refractivity contribution in [3.63, 3.8) is 0 Å². The van der Waals surface area contributed by atoms with Crippen LogP contribution < -0.4 is 5.32 Å². The number of hydrogen-bond acceptors (Lipinski definition) is 7. The third-order valence-corrected chi connectivity index (χ3v) is 6.98. The Hall–Kier alpha value is -3.57. The lowest BCUT2D eigenvalue weighted by Gasteiger charge is -2.25. The van der Waals surface area contributed by atoms with Gasteiger partial charge in [-0.3, -0.25) is 9.48 Å². The van der Waals surface area contributed by atoms with Gasteiger partial charge in [0.1, 0.15) is 16.9 Å². The first-order valence-electron chi connectivity index (χ1n) is 12.5. The Morgan fingerprint density at radius 2 is 2.03 bits per heavy atom. The van der Waals surface area contributed by atoms with Gasteiger partial charge in [-0.2, -0.15) is 15.3 Å². The van der Waals surface area contributed by atoms with Gasteiger partial charge in [0.2, 0.25) is 0 Å². The molecule has 2 aliphatic rings. The van der Waals surface area contributed by atoms with E-state index in [4.69, 9.17) is 9.72 Å². The summed E-state index contributed by atoms with van der Waals surface area (Å²) in [4.78, 5) is 18.2. The highest BCUT2D eigenvalue weighted by Gasteiger charge is 2.30. The van der Waals surface area contributed by atoms with Crippen molar-refractivity contribution in [2.75, 3.05) is 11.9 Å². The van der Waals surface area contributed by atoms with Crippen molar-refractivity contribution in [1.29, 1.82) is 0 Å². The van der Waals surface area contributed by atoms with Crippen molar-refractivity contribution < 1.29 is 14.6 Å². The summed E-state index contributed by atoms with van der Waals surface area (Å²) in [6, 6.07) is 4.06. The smallest absolute Gasteiger partial charge is 0.261 e. The molecule has 2 fully saturated rings. The van der Waals surface area contributed by atoms with E-state index >= 15 is 0 Å². The molecule has 1 unspecified atom stereocenters. The zero-order valence-corrected chi connectivity index (χ0v) is 20.5. The zero-order chi connectivity index (χ0) is 24.9. The number of nitrogens with one attached hydrogen (secondary N) is 1. The second-order valence-electron chi connectivity index (χ2n) is 10.1. The van der Waals surface area contributed by atoms with E-state index in [2.05, 4.69) is 20.6 Å². The summed E-state index contributed by atoms with van der Waals surface area (Å²) in [5.41, 5.74) is 1.98. The predicted octanol–water partition coefficient (Wildman–Crippen LogP) is 3.69. The van der Waals surface area contributed by atoms with Crippen LogP contribution in [-0.2, 0) is 10.3 Å². The molecule has 0 aromatic carbocycles. The van der Waals surface area contributed by atoms with Crippen LogP contribution in [0.25, 0.3) is 17.0 Å². The van der Waals surface area contributed by atoms with Crippen LogP contribution in [0.1, 0.15) is 80.7 Å². The second kappa shape index (κ2) is 8.82. The standard InChI is InChI=1S/C25H30N8O3/c1-25(2,35)22-19(15-32(30-22)16-6-5-7-16)29-24(34)17-14-27-31-12-10-18(28-23(17)31)20-9-11-26-33(20)21-8-3-4-13-36-21/h9-12,14-16,21,35H,3-8,13H2,1-2H3,(H,29,34). The Morgan fingerprint density at radius 1 is 1.17 bits per heavy atom. The molecule has 11 nitrogen and oxygen atoms in total. The Morgan fingerprint density at radius 3 is 2.75 bits per heavy atom. The van der Waals surface area contributed by atoms with Gasteiger partial charge in [-0.1, -0.05) is 0 Å². The van der Waals surface area contributed by atoms with Crippen molar-refractivity contribution >= 4 is 17.2 Å². The van der Waals surface area contributed by atoms with E-state index in [1.807, 2.05) is 27.7 Å². The van der Waals surface area contributed by atoms with E-state index in [-0.39, 0.29) is 12.1 Å². The molecule has 1 aliphatic heterocycles. The van der Waals surface area contributed by atoms with E-state index in [9.17, 15) is 9.90 Å². The summed E-state index contributed by atoms with van der Waals surface area (Å²) >= 11 is 0. The third kappa shape index (κ3) is 4.07. The number of hydrogen-bond donors (Lipinski definition) is 2. The minimum absolute atomic E-state index is 0.123. The molecule has 5 heterocycles. The zero-order valence-electron chi connectivity index (χ0n) is 20.5. The second-order valence-corrected chi connectivity index (χ2v) is 10.1. The molecule has 0 bridgehead atoms. The average Bonchev–Trinajstić information content (AvgIpc) is 3.56. The number of anilines is 1. The molecule has 1 saturated carbocycles. The normalized spacial score (nSPS) is 18.9. The van der Waals surface area contributed by atoms with Crippen LogP contribution in [0.4, 0.5) is 5.69 Å². The number of aliphatic hydroxyl groups is 1. The van der Waals surface area contributed by atoms with E-state index in [1.165, 1.54) is 6.20 Å². The van der Waals surface area contributed by atoms with Gasteiger partial charge in [-0.05, 0) is 64.5 Å². The van der Waals surface area contributed by atoms with E-state index in [0.717, 1.165) is 44.2 Å². The first-order valence-corrected chi connectivity index (χ1v) is 12.5. The summed E-state index contributed by atoms with van der Waals surface area (Å²) < 4.78 is 11.2. The van der Waals surface area contributed by atoms with Gasteiger partial charge in [0.15, 0.2) is 11.9 Å². The Labute approximate surface area is 208 Å². The monoisotopic (exact) mass is 490 g/mol. The molecular weight excluding hydrogens is 460 g/mol. The van der Waals surface area contributed by atoms with Crippen LogP contribution in [0.5, 0.6) is 0 Å². The van der Waals surface area contributed by atoms with Gasteiger partial charge in [-0.25, -0.2) is 14.2 Å². The van der Waals surface area contributed by atoms with Crippen LogP contribution in [-0.4, -0.2) is 51.8 Å². The molecule has 36 heavy (non-hydrogen) atoms. The molecule has 4 aromatic heterocycles. The van der Waals surface area contributed by atoms with Gasteiger partial charge < -0.3 is 15.2 Å². The van der Waals surface area contributed by atoms with Crippen molar-refractivity contribution in [2.24, 2.45) is 0 Å². The first kappa shape index (κ1) is 22.9. The lowest BCUT2D eigenvalue weighted by molar-refractivity contribution is -0.0384. The van der Waals surface area contributed by atoms with Gasteiger partial charge in [0.05, 0.1) is 29.3 Å². The molecule has 0 radical (unpaired) electrons. The van der Waals surface area contributed by atoms with E-state index in [0.29, 0.717) is 40.9 Å². The number of amides is 1. The fraction of sp³-hybridized carbons (Fsp3) is 0.480. The maximum atomic E-state index is 13.4. The molecule has 2 N–H and O–H groups in total. The number of fused-ring (bicyclic) bond motifs is 1. The number of ether oxygens (including phenoxy) is 1. The molecule has 0 spiro atoms. The lowest BCUT2D eigenvalue weighted by atomic mass is 9.93. The highest BCUT2D eigenvalue weighted by atomic mass is 16.5. The van der Waals surface area contributed by atoms with Crippen molar-refractivity contribution in [3.8, 4) is 11.4 Å². The van der Waals surface area contributed by atoms with Gasteiger partial charge >= 0.3 is 0 Å². The Balaban J connectivity index is 1.32. The number of carbonyl (C=O) groups excluding carboxylic acids is 1. The molecule has 1 saturated heterocycles. The first-order chi connectivity index (χ1) is 17.4. The Kier molecular flexibility index (Phi) is 5.60. The van der Waals surface area contributed by atoms with E-state index < -0.39 is 5.60 Å². The highest BCUT2D eigenvalue weighted by Crippen LogP contribution is 2.35. The lowest BCUT2D eigenvalue weighted by Crippen LogP contribution is -2.22. The fourth-order valence-electron chi connectivity index (χ4n) is 4.80.